The van der Waals surface area contributed by atoms with Gasteiger partial charge in [0.15, 0.2) is 17.5 Å². The summed E-state index contributed by atoms with van der Waals surface area (Å²) in [6, 6.07) is 41.5. The van der Waals surface area contributed by atoms with Crippen molar-refractivity contribution >= 4 is 5.57 Å². The molecule has 286 valence electrons. The lowest BCUT2D eigenvalue weighted by atomic mass is 9.48. The molecule has 58 heavy (non-hydrogen) atoms. The van der Waals surface area contributed by atoms with Crippen molar-refractivity contribution in [2.24, 2.45) is 17.8 Å². The molecule has 1 spiro atoms. The maximum absolute atomic E-state index is 5.20. The lowest BCUT2D eigenvalue weighted by molar-refractivity contribution is -0.00522. The van der Waals surface area contributed by atoms with Gasteiger partial charge >= 0.3 is 0 Å². The Morgan fingerprint density at radius 3 is 1.88 bits per heavy atom. The second-order valence-electron chi connectivity index (χ2n) is 19.1. The summed E-state index contributed by atoms with van der Waals surface area (Å²) in [5.41, 5.74) is 16.3. The number of nitrogens with zero attached hydrogens (tertiary/aromatic N) is 3. The van der Waals surface area contributed by atoms with E-state index in [1.54, 1.807) is 5.56 Å². The molecule has 1 aromatic heterocycles. The van der Waals surface area contributed by atoms with Crippen molar-refractivity contribution in [3.8, 4) is 45.0 Å². The van der Waals surface area contributed by atoms with Gasteiger partial charge in [-0.05, 0) is 136 Å². The molecule has 4 saturated carbocycles. The minimum atomic E-state index is -0.483. The van der Waals surface area contributed by atoms with Crippen LogP contribution < -0.4 is 0 Å². The van der Waals surface area contributed by atoms with Crippen LogP contribution in [0.4, 0.5) is 0 Å². The Bertz CT molecular complexity index is 2690. The van der Waals surface area contributed by atoms with Crippen molar-refractivity contribution in [3.05, 3.63) is 179 Å². The molecule has 1 heterocycles. The first-order valence-electron chi connectivity index (χ1n) is 21.5. The van der Waals surface area contributed by atoms with Crippen molar-refractivity contribution in [3.63, 3.8) is 0 Å². The van der Waals surface area contributed by atoms with Crippen molar-refractivity contribution < 1.29 is 0 Å². The van der Waals surface area contributed by atoms with E-state index in [4.69, 9.17) is 15.0 Å². The first kappa shape index (κ1) is 35.5. The van der Waals surface area contributed by atoms with Gasteiger partial charge in [-0.3, -0.25) is 0 Å². The summed E-state index contributed by atoms with van der Waals surface area (Å²) in [7, 11) is 0. The predicted octanol–water partition coefficient (Wildman–Crippen LogP) is 13.5. The second kappa shape index (κ2) is 12.9. The molecule has 12 rings (SSSR count). The van der Waals surface area contributed by atoms with Crippen molar-refractivity contribution in [1.29, 1.82) is 0 Å². The Hall–Kier alpha value is -5.67. The average Bonchev–Trinajstić information content (AvgIpc) is 3.69. The summed E-state index contributed by atoms with van der Waals surface area (Å²) in [5.74, 6) is 4.53. The number of hydrogen-bond donors (Lipinski definition) is 0. The fourth-order valence-corrected chi connectivity index (χ4v) is 12.3. The Labute approximate surface area is 343 Å². The van der Waals surface area contributed by atoms with Gasteiger partial charge in [-0.2, -0.15) is 0 Å². The SMILES string of the molecule is C=C(/C=C\C=C/C)c1nc(-c2ccccc2)nc(-c2ccc3c(c2)C2(c4ccccc4-3)c3cc(C(C)(C)C)ccc3-c3ccc(C45CC6CC(CC(C6)C4)C5)cc32)n1. The Morgan fingerprint density at radius 2 is 1.19 bits per heavy atom. The number of fused-ring (bicyclic) bond motifs is 10. The summed E-state index contributed by atoms with van der Waals surface area (Å²) < 4.78 is 0. The van der Waals surface area contributed by atoms with E-state index in [-0.39, 0.29) is 10.8 Å². The fraction of sp³-hybridized carbons (Fsp3) is 0.291. The van der Waals surface area contributed by atoms with Crippen LogP contribution in [0.5, 0.6) is 0 Å². The lowest BCUT2D eigenvalue weighted by Gasteiger charge is -2.57. The van der Waals surface area contributed by atoms with Gasteiger partial charge in [0.05, 0.1) is 5.41 Å². The second-order valence-corrected chi connectivity index (χ2v) is 19.1. The molecule has 4 fully saturated rings. The highest BCUT2D eigenvalue weighted by Gasteiger charge is 2.55. The average molecular weight is 754 g/mol. The maximum atomic E-state index is 5.20. The smallest absolute Gasteiger partial charge is 0.164 e. The van der Waals surface area contributed by atoms with Gasteiger partial charge in [-0.1, -0.05) is 155 Å². The van der Waals surface area contributed by atoms with Gasteiger partial charge in [-0.25, -0.2) is 15.0 Å². The van der Waals surface area contributed by atoms with E-state index < -0.39 is 5.41 Å². The number of hydrogen-bond acceptors (Lipinski definition) is 3. The van der Waals surface area contributed by atoms with E-state index in [0.717, 1.165) is 34.5 Å². The summed E-state index contributed by atoms with van der Waals surface area (Å²) >= 11 is 0. The molecule has 0 amide bonds. The van der Waals surface area contributed by atoms with Crippen LogP contribution in [0.2, 0.25) is 0 Å². The molecule has 4 bridgehead atoms. The lowest BCUT2D eigenvalue weighted by Crippen LogP contribution is -2.48. The topological polar surface area (TPSA) is 38.7 Å². The van der Waals surface area contributed by atoms with Crippen molar-refractivity contribution in [2.45, 2.75) is 82.5 Å². The summed E-state index contributed by atoms with van der Waals surface area (Å²) in [5, 5.41) is 0. The highest BCUT2D eigenvalue weighted by Crippen LogP contribution is 2.66. The zero-order valence-corrected chi connectivity index (χ0v) is 34.2. The molecule has 1 atom stereocenters. The van der Waals surface area contributed by atoms with Gasteiger partial charge < -0.3 is 0 Å². The monoisotopic (exact) mass is 753 g/mol. The summed E-state index contributed by atoms with van der Waals surface area (Å²) in [6.45, 7) is 13.4. The molecular formula is C55H51N3. The van der Waals surface area contributed by atoms with E-state index in [1.807, 2.05) is 49.4 Å². The highest BCUT2D eigenvalue weighted by atomic mass is 15.0. The van der Waals surface area contributed by atoms with E-state index in [1.165, 1.54) is 88.6 Å². The normalized spacial score (nSPS) is 24.7. The highest BCUT2D eigenvalue weighted by molar-refractivity contribution is 5.96. The number of rotatable bonds is 6. The quantitative estimate of drug-likeness (QED) is 0.159. The molecule has 6 aromatic rings. The van der Waals surface area contributed by atoms with Crippen LogP contribution in [0, 0.1) is 17.8 Å². The molecule has 6 aliphatic carbocycles. The van der Waals surface area contributed by atoms with Gasteiger partial charge in [0.1, 0.15) is 0 Å². The van der Waals surface area contributed by atoms with Crippen LogP contribution in [-0.4, -0.2) is 15.0 Å². The molecule has 0 saturated heterocycles. The van der Waals surface area contributed by atoms with Gasteiger partial charge in [0.25, 0.3) is 0 Å². The van der Waals surface area contributed by atoms with Crippen LogP contribution in [0.15, 0.2) is 140 Å². The van der Waals surface area contributed by atoms with Crippen LogP contribution >= 0.6 is 0 Å². The molecule has 5 aromatic carbocycles. The summed E-state index contributed by atoms with van der Waals surface area (Å²) in [4.78, 5) is 15.3. The third kappa shape index (κ3) is 5.28. The molecule has 0 radical (unpaired) electrons. The largest absolute Gasteiger partial charge is 0.208 e. The molecule has 3 heteroatoms. The van der Waals surface area contributed by atoms with E-state index in [0.29, 0.717) is 17.5 Å². The first-order chi connectivity index (χ1) is 28.1. The third-order valence-electron chi connectivity index (χ3n) is 14.5. The number of benzene rings is 5. The van der Waals surface area contributed by atoms with E-state index in [9.17, 15) is 0 Å². The van der Waals surface area contributed by atoms with Gasteiger partial charge in [0, 0.05) is 16.7 Å². The fourth-order valence-electron chi connectivity index (χ4n) is 12.3. The van der Waals surface area contributed by atoms with Crippen molar-refractivity contribution in [2.75, 3.05) is 0 Å². The molecule has 3 nitrogen and oxygen atoms in total. The number of allylic oxidation sites excluding steroid dienone is 5. The minimum absolute atomic E-state index is 0.00294. The minimum Gasteiger partial charge on any atom is -0.208 e. The van der Waals surface area contributed by atoms with E-state index in [2.05, 4.69) is 118 Å². The Morgan fingerprint density at radius 1 is 0.603 bits per heavy atom. The predicted molar refractivity (Wildman–Crippen MR) is 239 cm³/mol. The Kier molecular flexibility index (Phi) is 7.90. The Balaban J connectivity index is 1.16. The maximum Gasteiger partial charge on any atom is 0.164 e. The van der Waals surface area contributed by atoms with Crippen LogP contribution in [0.25, 0.3) is 50.6 Å². The van der Waals surface area contributed by atoms with Crippen molar-refractivity contribution in [1.82, 2.24) is 15.0 Å². The van der Waals surface area contributed by atoms with E-state index >= 15 is 0 Å². The van der Waals surface area contributed by atoms with Gasteiger partial charge in [0.2, 0.25) is 0 Å². The molecular weight excluding hydrogens is 703 g/mol. The first-order valence-corrected chi connectivity index (χ1v) is 21.5. The van der Waals surface area contributed by atoms with Gasteiger partial charge in [-0.15, -0.1) is 0 Å². The zero-order chi connectivity index (χ0) is 39.4. The molecule has 0 aliphatic heterocycles. The molecule has 6 aliphatic rings. The van der Waals surface area contributed by atoms with Crippen LogP contribution in [-0.2, 0) is 16.2 Å². The van der Waals surface area contributed by atoms with Crippen LogP contribution in [0.3, 0.4) is 0 Å². The number of aromatic nitrogens is 3. The third-order valence-corrected chi connectivity index (χ3v) is 14.5. The zero-order valence-electron chi connectivity index (χ0n) is 34.2. The summed E-state index contributed by atoms with van der Waals surface area (Å²) in [6.07, 6.45) is 16.4. The molecule has 1 unspecified atom stereocenters. The standard InChI is InChI=1S/C55H51N3/c1-6-7-9-14-34(2)50-56-51(38-15-10-8-11-16-38)58-52(57-50)39-19-22-43-42-17-12-13-18-46(42)55(47(43)28-39)48-29-40(53(3,4)5)20-23-44(48)45-24-21-41(30-49(45)55)54-31-35-25-36(32-54)27-37(26-35)33-54/h6-24,28-30,35-37H,2,25-27,31-33H2,1,3-5H3/b7-6-,14-9-. The molecule has 0 N–H and O–H groups in total. The van der Waals surface area contributed by atoms with Crippen LogP contribution in [0.1, 0.15) is 105 Å².